The fraction of sp³-hybridized carbons (Fsp3) is 0.625. The van der Waals surface area contributed by atoms with Gasteiger partial charge in [-0.1, -0.05) is 53.7 Å². The molecule has 0 amide bonds. The molecule has 0 aliphatic carbocycles. The zero-order chi connectivity index (χ0) is 13.3. The van der Waals surface area contributed by atoms with Crippen molar-refractivity contribution in [2.24, 2.45) is 0 Å². The largest absolute Gasteiger partial charge is 0.0683 e. The topological polar surface area (TPSA) is 0 Å². The maximum absolute atomic E-state index is 2.26. The van der Waals surface area contributed by atoms with Crippen LogP contribution in [0.15, 0.2) is 12.1 Å². The van der Waals surface area contributed by atoms with Gasteiger partial charge in [0.25, 0.3) is 0 Å². The Hall–Kier alpha value is -0.780. The first kappa shape index (κ1) is 17.6. The molecule has 0 nitrogen and oxygen atoms in total. The molecule has 0 heterocycles. The Labute approximate surface area is 103 Å². The summed E-state index contributed by atoms with van der Waals surface area (Å²) >= 11 is 0. The fourth-order valence-electron chi connectivity index (χ4n) is 1.86. The molecule has 16 heavy (non-hydrogen) atoms. The lowest BCUT2D eigenvalue weighted by Crippen LogP contribution is -1.97. The minimum atomic E-state index is 0.643. The van der Waals surface area contributed by atoms with Crippen molar-refractivity contribution in [1.29, 1.82) is 0 Å². The molecule has 0 unspecified atom stereocenters. The first-order valence-corrected chi connectivity index (χ1v) is 6.60. The smallest absolute Gasteiger partial charge is 0.0213 e. The minimum Gasteiger partial charge on any atom is -0.0683 e. The van der Waals surface area contributed by atoms with E-state index >= 15 is 0 Å². The molecule has 0 saturated heterocycles. The highest BCUT2D eigenvalue weighted by Crippen LogP contribution is 2.24. The van der Waals surface area contributed by atoms with Crippen molar-refractivity contribution in [3.05, 3.63) is 34.4 Å². The maximum Gasteiger partial charge on any atom is -0.0213 e. The molecule has 94 valence electrons. The first-order chi connectivity index (χ1) is 7.54. The fourth-order valence-corrected chi connectivity index (χ4v) is 1.86. The number of hydrogen-bond donors (Lipinski definition) is 0. The summed E-state index contributed by atoms with van der Waals surface area (Å²) in [6.07, 6.45) is 0. The average molecular weight is 222 g/mol. The third-order valence-corrected chi connectivity index (χ3v) is 2.58. The molecular weight excluding hydrogens is 192 g/mol. The van der Waals surface area contributed by atoms with E-state index in [-0.39, 0.29) is 0 Å². The summed E-state index contributed by atoms with van der Waals surface area (Å²) in [7, 11) is 0. The number of hydrogen-bond acceptors (Lipinski definition) is 0. The SMILES string of the molecule is CC.CC.Cc1ccc(C)c(C(C)C)c1C. The lowest BCUT2D eigenvalue weighted by Gasteiger charge is -2.15. The Kier molecular flexibility index (Phi) is 10.4. The summed E-state index contributed by atoms with van der Waals surface area (Å²) in [5.74, 6) is 0.643. The van der Waals surface area contributed by atoms with Gasteiger partial charge in [-0.15, -0.1) is 0 Å². The zero-order valence-corrected chi connectivity index (χ0v) is 12.7. The second kappa shape index (κ2) is 9.45. The molecule has 0 saturated carbocycles. The second-order valence-corrected chi connectivity index (χ2v) is 3.89. The molecule has 0 radical (unpaired) electrons. The van der Waals surface area contributed by atoms with Gasteiger partial charge >= 0.3 is 0 Å². The number of rotatable bonds is 1. The van der Waals surface area contributed by atoms with Crippen molar-refractivity contribution < 1.29 is 0 Å². The molecule has 0 aromatic heterocycles. The lowest BCUT2D eigenvalue weighted by molar-refractivity contribution is 0.843. The monoisotopic (exact) mass is 222 g/mol. The van der Waals surface area contributed by atoms with Crippen molar-refractivity contribution in [1.82, 2.24) is 0 Å². The van der Waals surface area contributed by atoms with E-state index in [4.69, 9.17) is 0 Å². The van der Waals surface area contributed by atoms with Crippen LogP contribution >= 0.6 is 0 Å². The van der Waals surface area contributed by atoms with Crippen LogP contribution < -0.4 is 0 Å². The van der Waals surface area contributed by atoms with Crippen molar-refractivity contribution in [3.8, 4) is 0 Å². The van der Waals surface area contributed by atoms with Gasteiger partial charge in [0, 0.05) is 0 Å². The van der Waals surface area contributed by atoms with E-state index in [1.807, 2.05) is 27.7 Å². The van der Waals surface area contributed by atoms with E-state index in [2.05, 4.69) is 46.8 Å². The van der Waals surface area contributed by atoms with Crippen LogP contribution in [-0.2, 0) is 0 Å². The summed E-state index contributed by atoms with van der Waals surface area (Å²) in [6, 6.07) is 4.42. The van der Waals surface area contributed by atoms with Crippen LogP contribution in [0.4, 0.5) is 0 Å². The van der Waals surface area contributed by atoms with Crippen molar-refractivity contribution in [2.75, 3.05) is 0 Å². The minimum absolute atomic E-state index is 0.643. The summed E-state index contributed by atoms with van der Waals surface area (Å²) < 4.78 is 0. The Morgan fingerprint density at radius 3 is 1.44 bits per heavy atom. The Bertz CT molecular complexity index is 282. The van der Waals surface area contributed by atoms with E-state index < -0.39 is 0 Å². The van der Waals surface area contributed by atoms with Crippen LogP contribution in [0.3, 0.4) is 0 Å². The van der Waals surface area contributed by atoms with Crippen LogP contribution in [0.25, 0.3) is 0 Å². The van der Waals surface area contributed by atoms with Gasteiger partial charge in [0.1, 0.15) is 0 Å². The molecular formula is C16H30. The highest BCUT2D eigenvalue weighted by molar-refractivity contribution is 5.40. The Balaban J connectivity index is 0. The molecule has 0 bridgehead atoms. The quantitative estimate of drug-likeness (QED) is 0.564. The van der Waals surface area contributed by atoms with Gasteiger partial charge < -0.3 is 0 Å². The van der Waals surface area contributed by atoms with E-state index in [0.717, 1.165) is 0 Å². The predicted molar refractivity (Wildman–Crippen MR) is 77.4 cm³/mol. The highest BCUT2D eigenvalue weighted by atomic mass is 14.1. The highest BCUT2D eigenvalue weighted by Gasteiger charge is 2.07. The zero-order valence-electron chi connectivity index (χ0n) is 12.7. The standard InChI is InChI=1S/C12H18.2C2H6/c1-8(2)12-10(4)7-6-9(3)11(12)5;2*1-2/h6-8H,1-5H3;2*1-2H3. The van der Waals surface area contributed by atoms with Crippen LogP contribution in [0.1, 0.15) is 69.7 Å². The van der Waals surface area contributed by atoms with Crippen LogP contribution in [0, 0.1) is 20.8 Å². The Morgan fingerprint density at radius 2 is 1.12 bits per heavy atom. The second-order valence-electron chi connectivity index (χ2n) is 3.89. The summed E-state index contributed by atoms with van der Waals surface area (Å²) in [5.41, 5.74) is 5.82. The molecule has 0 N–H and O–H groups in total. The van der Waals surface area contributed by atoms with Crippen LogP contribution in [-0.4, -0.2) is 0 Å². The van der Waals surface area contributed by atoms with E-state index in [1.165, 1.54) is 22.3 Å². The van der Waals surface area contributed by atoms with Gasteiger partial charge in [-0.05, 0) is 48.9 Å². The first-order valence-electron chi connectivity index (χ1n) is 6.60. The van der Waals surface area contributed by atoms with Crippen LogP contribution in [0.5, 0.6) is 0 Å². The summed E-state index contributed by atoms with van der Waals surface area (Å²) in [4.78, 5) is 0. The predicted octanol–water partition coefficient (Wildman–Crippen LogP) is 5.79. The normalized spacial score (nSPS) is 8.88. The molecule has 1 aromatic rings. The van der Waals surface area contributed by atoms with E-state index in [0.29, 0.717) is 5.92 Å². The number of benzene rings is 1. The Morgan fingerprint density at radius 1 is 0.750 bits per heavy atom. The molecule has 0 aliphatic rings. The van der Waals surface area contributed by atoms with Crippen molar-refractivity contribution >= 4 is 0 Å². The molecule has 0 fully saturated rings. The summed E-state index contributed by atoms with van der Waals surface area (Å²) in [6.45, 7) is 19.1. The van der Waals surface area contributed by atoms with Gasteiger partial charge in [-0.25, -0.2) is 0 Å². The molecule has 0 aliphatic heterocycles. The molecule has 0 spiro atoms. The molecule has 1 aromatic carbocycles. The molecule has 0 heteroatoms. The van der Waals surface area contributed by atoms with Gasteiger partial charge in [0.05, 0.1) is 0 Å². The van der Waals surface area contributed by atoms with Gasteiger partial charge in [0.2, 0.25) is 0 Å². The molecule has 1 rings (SSSR count). The van der Waals surface area contributed by atoms with Gasteiger partial charge in [-0.2, -0.15) is 0 Å². The maximum atomic E-state index is 2.26. The third kappa shape index (κ3) is 4.83. The van der Waals surface area contributed by atoms with Gasteiger partial charge in [0.15, 0.2) is 0 Å². The summed E-state index contributed by atoms with van der Waals surface area (Å²) in [5, 5.41) is 0. The van der Waals surface area contributed by atoms with Crippen molar-refractivity contribution in [3.63, 3.8) is 0 Å². The van der Waals surface area contributed by atoms with Gasteiger partial charge in [-0.3, -0.25) is 0 Å². The van der Waals surface area contributed by atoms with Crippen molar-refractivity contribution in [2.45, 2.75) is 68.2 Å². The van der Waals surface area contributed by atoms with E-state index in [1.54, 1.807) is 0 Å². The third-order valence-electron chi connectivity index (χ3n) is 2.58. The average Bonchev–Trinajstić information content (AvgIpc) is 2.29. The van der Waals surface area contributed by atoms with Crippen LogP contribution in [0.2, 0.25) is 0 Å². The lowest BCUT2D eigenvalue weighted by atomic mass is 9.91. The molecule has 0 atom stereocenters. The van der Waals surface area contributed by atoms with E-state index in [9.17, 15) is 0 Å². The number of aryl methyl sites for hydroxylation is 2.